The highest BCUT2D eigenvalue weighted by Gasteiger charge is 2.48. The van der Waals surface area contributed by atoms with Gasteiger partial charge in [-0.3, -0.25) is 24.1 Å². The molecule has 2 aliphatic rings. The molecule has 1 heterocycles. The van der Waals surface area contributed by atoms with E-state index in [-0.39, 0.29) is 23.7 Å². The first-order valence-corrected chi connectivity index (χ1v) is 9.46. The van der Waals surface area contributed by atoms with Crippen LogP contribution in [0.15, 0.2) is 18.2 Å². The molecule has 9 heteroatoms. The number of hydrogen-bond donors (Lipinski definition) is 1. The van der Waals surface area contributed by atoms with Gasteiger partial charge in [-0.1, -0.05) is 12.8 Å². The highest BCUT2D eigenvalue weighted by atomic mass is 16.5. The summed E-state index contributed by atoms with van der Waals surface area (Å²) >= 11 is 0. The Morgan fingerprint density at radius 2 is 1.55 bits per heavy atom. The highest BCUT2D eigenvalue weighted by Crippen LogP contribution is 2.37. The molecule has 0 aromatic heterocycles. The summed E-state index contributed by atoms with van der Waals surface area (Å²) in [7, 11) is 2.97. The number of ether oxygens (including phenoxy) is 3. The Labute approximate surface area is 168 Å². The van der Waals surface area contributed by atoms with Crippen molar-refractivity contribution in [3.8, 4) is 11.5 Å². The van der Waals surface area contributed by atoms with E-state index >= 15 is 0 Å². The van der Waals surface area contributed by atoms with Crippen LogP contribution in [0.4, 0.5) is 5.69 Å². The largest absolute Gasteiger partial charge is 0.497 e. The number of imide groups is 1. The van der Waals surface area contributed by atoms with Gasteiger partial charge in [-0.25, -0.2) is 0 Å². The summed E-state index contributed by atoms with van der Waals surface area (Å²) in [5.41, 5.74) is 0.413. The van der Waals surface area contributed by atoms with Crippen LogP contribution in [0.25, 0.3) is 0 Å². The van der Waals surface area contributed by atoms with Crippen molar-refractivity contribution in [1.82, 2.24) is 4.90 Å². The maximum Gasteiger partial charge on any atom is 0.326 e. The molecular weight excluding hydrogens is 380 g/mol. The fraction of sp³-hybridized carbons (Fsp3) is 0.500. The molecule has 0 spiro atoms. The lowest BCUT2D eigenvalue weighted by molar-refractivity contribution is -0.154. The van der Waals surface area contributed by atoms with E-state index in [4.69, 9.17) is 14.2 Å². The molecule has 2 fully saturated rings. The molecule has 0 bridgehead atoms. The number of anilines is 1. The van der Waals surface area contributed by atoms with Crippen molar-refractivity contribution < 1.29 is 33.4 Å². The van der Waals surface area contributed by atoms with Gasteiger partial charge in [0.05, 0.1) is 26.1 Å². The zero-order valence-electron chi connectivity index (χ0n) is 16.4. The Bertz CT molecular complexity index is 777. The second-order valence-corrected chi connectivity index (χ2v) is 7.07. The lowest BCUT2D eigenvalue weighted by Gasteiger charge is -2.19. The number of methoxy groups -OCH3 is 2. The van der Waals surface area contributed by atoms with Gasteiger partial charge in [-0.2, -0.15) is 0 Å². The number of nitrogens with one attached hydrogen (secondary N) is 1. The Morgan fingerprint density at radius 1 is 1.00 bits per heavy atom. The molecule has 1 saturated heterocycles. The molecule has 1 aliphatic heterocycles. The Morgan fingerprint density at radius 3 is 2.07 bits per heavy atom. The molecule has 1 aliphatic carbocycles. The number of fused-ring (bicyclic) bond motifs is 1. The van der Waals surface area contributed by atoms with Crippen LogP contribution in [0.3, 0.4) is 0 Å². The summed E-state index contributed by atoms with van der Waals surface area (Å²) in [5, 5.41) is 2.57. The standard InChI is InChI=1S/C20H24N2O7/c1-27-13-7-12(8-14(9-13)28-2)21-17(23)11-29-18(24)10-22-19(25)15-5-3-4-6-16(15)20(22)26/h7-9,15-16H,3-6,10-11H2,1-2H3,(H,21,23). The summed E-state index contributed by atoms with van der Waals surface area (Å²) in [4.78, 5) is 49.9. The van der Waals surface area contributed by atoms with E-state index in [1.165, 1.54) is 14.2 Å². The molecule has 3 rings (SSSR count). The van der Waals surface area contributed by atoms with E-state index in [1.807, 2.05) is 0 Å². The SMILES string of the molecule is COc1cc(NC(=O)COC(=O)CN2C(=O)C3CCCCC3C2=O)cc(OC)c1. The monoisotopic (exact) mass is 404 g/mol. The van der Waals surface area contributed by atoms with Gasteiger partial charge in [0.25, 0.3) is 5.91 Å². The Hall–Kier alpha value is -3.10. The quantitative estimate of drug-likeness (QED) is 0.539. The first-order chi connectivity index (χ1) is 13.9. The normalized spacial score (nSPS) is 20.8. The molecule has 2 unspecified atom stereocenters. The molecule has 1 N–H and O–H groups in total. The van der Waals surface area contributed by atoms with Crippen LogP contribution >= 0.6 is 0 Å². The molecule has 3 amide bonds. The first-order valence-electron chi connectivity index (χ1n) is 9.46. The van der Waals surface area contributed by atoms with Gasteiger partial charge < -0.3 is 19.5 Å². The predicted octanol–water partition coefficient (Wildman–Crippen LogP) is 1.36. The average molecular weight is 404 g/mol. The lowest BCUT2D eigenvalue weighted by Crippen LogP contribution is -2.37. The number of likely N-dealkylation sites (tertiary alicyclic amines) is 1. The van der Waals surface area contributed by atoms with E-state index in [2.05, 4.69) is 5.32 Å². The average Bonchev–Trinajstić information content (AvgIpc) is 2.97. The number of benzene rings is 1. The van der Waals surface area contributed by atoms with Crippen molar-refractivity contribution in [2.45, 2.75) is 25.7 Å². The number of carbonyl (C=O) groups is 4. The van der Waals surface area contributed by atoms with Crippen molar-refractivity contribution in [2.75, 3.05) is 32.7 Å². The van der Waals surface area contributed by atoms with Gasteiger partial charge in [0.15, 0.2) is 6.61 Å². The topological polar surface area (TPSA) is 111 Å². The maximum absolute atomic E-state index is 12.4. The van der Waals surface area contributed by atoms with Crippen LogP contribution < -0.4 is 14.8 Å². The van der Waals surface area contributed by atoms with Crippen LogP contribution in [0.2, 0.25) is 0 Å². The van der Waals surface area contributed by atoms with Crippen LogP contribution in [0, 0.1) is 11.8 Å². The summed E-state index contributed by atoms with van der Waals surface area (Å²) in [6.07, 6.45) is 3.17. The van der Waals surface area contributed by atoms with E-state index < -0.39 is 25.0 Å². The molecular formula is C20H24N2O7. The molecule has 9 nitrogen and oxygen atoms in total. The van der Waals surface area contributed by atoms with E-state index in [0.29, 0.717) is 30.0 Å². The molecule has 29 heavy (non-hydrogen) atoms. The van der Waals surface area contributed by atoms with Crippen molar-refractivity contribution in [1.29, 1.82) is 0 Å². The third-order valence-corrected chi connectivity index (χ3v) is 5.22. The van der Waals surface area contributed by atoms with Crippen molar-refractivity contribution in [3.05, 3.63) is 18.2 Å². The third kappa shape index (κ3) is 4.67. The number of carbonyl (C=O) groups excluding carboxylic acids is 4. The molecule has 0 radical (unpaired) electrons. The fourth-order valence-corrected chi connectivity index (χ4v) is 3.78. The zero-order valence-corrected chi connectivity index (χ0v) is 16.4. The van der Waals surface area contributed by atoms with Crippen LogP contribution in [0.5, 0.6) is 11.5 Å². The van der Waals surface area contributed by atoms with E-state index in [1.54, 1.807) is 18.2 Å². The minimum atomic E-state index is -0.802. The van der Waals surface area contributed by atoms with Crippen LogP contribution in [-0.2, 0) is 23.9 Å². The maximum atomic E-state index is 12.4. The second-order valence-electron chi connectivity index (χ2n) is 7.07. The summed E-state index contributed by atoms with van der Waals surface area (Å²) in [6, 6.07) is 4.83. The van der Waals surface area contributed by atoms with E-state index in [0.717, 1.165) is 17.7 Å². The van der Waals surface area contributed by atoms with Gasteiger partial charge in [-0.05, 0) is 12.8 Å². The number of hydrogen-bond acceptors (Lipinski definition) is 7. The molecule has 156 valence electrons. The minimum Gasteiger partial charge on any atom is -0.497 e. The fourth-order valence-electron chi connectivity index (χ4n) is 3.78. The molecule has 1 aromatic carbocycles. The van der Waals surface area contributed by atoms with Gasteiger partial charge in [0, 0.05) is 23.9 Å². The summed E-state index contributed by atoms with van der Waals surface area (Å²) in [5.74, 6) is -1.67. The molecule has 1 saturated carbocycles. The number of nitrogens with zero attached hydrogens (tertiary/aromatic N) is 1. The highest BCUT2D eigenvalue weighted by molar-refractivity contribution is 6.07. The zero-order chi connectivity index (χ0) is 21.0. The van der Waals surface area contributed by atoms with Gasteiger partial charge in [0.1, 0.15) is 18.0 Å². The van der Waals surface area contributed by atoms with Crippen molar-refractivity contribution in [3.63, 3.8) is 0 Å². The van der Waals surface area contributed by atoms with E-state index in [9.17, 15) is 19.2 Å². The third-order valence-electron chi connectivity index (χ3n) is 5.22. The first kappa shape index (κ1) is 20.6. The smallest absolute Gasteiger partial charge is 0.326 e. The molecule has 2 atom stereocenters. The minimum absolute atomic E-state index is 0.315. The van der Waals surface area contributed by atoms with Crippen molar-refractivity contribution in [2.24, 2.45) is 11.8 Å². The van der Waals surface area contributed by atoms with Gasteiger partial charge >= 0.3 is 5.97 Å². The van der Waals surface area contributed by atoms with Gasteiger partial charge in [-0.15, -0.1) is 0 Å². The predicted molar refractivity (Wildman–Crippen MR) is 101 cm³/mol. The molecule has 1 aromatic rings. The number of amides is 3. The van der Waals surface area contributed by atoms with Crippen molar-refractivity contribution >= 4 is 29.4 Å². The van der Waals surface area contributed by atoms with Gasteiger partial charge in [0.2, 0.25) is 11.8 Å². The lowest BCUT2D eigenvalue weighted by atomic mass is 9.81. The Kier molecular flexibility index (Phi) is 6.36. The number of rotatable bonds is 7. The van der Waals surface area contributed by atoms with Crippen LogP contribution in [0.1, 0.15) is 25.7 Å². The number of esters is 1. The second kappa shape index (κ2) is 8.93. The van der Waals surface area contributed by atoms with Crippen LogP contribution in [-0.4, -0.2) is 56.0 Å². The summed E-state index contributed by atoms with van der Waals surface area (Å²) < 4.78 is 15.2. The Balaban J connectivity index is 1.51. The summed E-state index contributed by atoms with van der Waals surface area (Å²) in [6.45, 7) is -1.01.